The Bertz CT molecular complexity index is 611. The van der Waals surface area contributed by atoms with Gasteiger partial charge in [-0.1, -0.05) is 28.1 Å². The van der Waals surface area contributed by atoms with Crippen LogP contribution in [0.4, 0.5) is 4.39 Å². The van der Waals surface area contributed by atoms with Gasteiger partial charge in [0.25, 0.3) is 0 Å². The summed E-state index contributed by atoms with van der Waals surface area (Å²) in [5.74, 6) is 0.317. The Hall–Kier alpha value is -1.39. The van der Waals surface area contributed by atoms with E-state index in [9.17, 15) is 9.50 Å². The number of aryl methyl sites for hydroxylation is 1. The summed E-state index contributed by atoms with van der Waals surface area (Å²) in [5, 5.41) is 9.74. The maximum atomic E-state index is 13.2. The van der Waals surface area contributed by atoms with Gasteiger partial charge in [0.1, 0.15) is 18.2 Å². The molecule has 0 radical (unpaired) electrons. The van der Waals surface area contributed by atoms with Gasteiger partial charge >= 0.3 is 0 Å². The highest BCUT2D eigenvalue weighted by molar-refractivity contribution is 9.10. The Kier molecular flexibility index (Phi) is 4.78. The second kappa shape index (κ2) is 6.37. The van der Waals surface area contributed by atoms with Crippen LogP contribution in [0.1, 0.15) is 29.7 Å². The van der Waals surface area contributed by atoms with E-state index in [1.807, 2.05) is 19.1 Å². The fraction of sp³-hybridized carbons (Fsp3) is 0.250. The molecular weight excluding hydrogens is 323 g/mol. The molecule has 0 fully saturated rings. The SMILES string of the molecule is Cc1ccc(F)cc1COc1cc(Br)ccc1C(C)O. The van der Waals surface area contributed by atoms with Crippen molar-refractivity contribution in [2.24, 2.45) is 0 Å². The molecule has 0 amide bonds. The first-order valence-electron chi connectivity index (χ1n) is 6.32. The van der Waals surface area contributed by atoms with Gasteiger partial charge in [0.2, 0.25) is 0 Å². The van der Waals surface area contributed by atoms with Crippen molar-refractivity contribution in [2.45, 2.75) is 26.6 Å². The molecule has 0 aliphatic carbocycles. The van der Waals surface area contributed by atoms with Gasteiger partial charge in [-0.3, -0.25) is 0 Å². The van der Waals surface area contributed by atoms with E-state index in [0.717, 1.165) is 15.6 Å². The Labute approximate surface area is 126 Å². The first-order chi connectivity index (χ1) is 9.47. The fourth-order valence-electron chi connectivity index (χ4n) is 1.93. The first kappa shape index (κ1) is 15.0. The standard InChI is InChI=1S/C16H16BrFO2/c1-10-3-5-14(18)7-12(10)9-20-16-8-13(17)4-6-15(16)11(2)19/h3-8,11,19H,9H2,1-2H3. The van der Waals surface area contributed by atoms with Gasteiger partial charge in [0.05, 0.1) is 6.10 Å². The van der Waals surface area contributed by atoms with E-state index in [1.54, 1.807) is 19.1 Å². The van der Waals surface area contributed by atoms with E-state index < -0.39 is 6.10 Å². The minimum absolute atomic E-state index is 0.264. The number of halogens is 2. The van der Waals surface area contributed by atoms with E-state index in [2.05, 4.69) is 15.9 Å². The zero-order chi connectivity index (χ0) is 14.7. The molecule has 0 bridgehead atoms. The summed E-state index contributed by atoms with van der Waals surface area (Å²) in [4.78, 5) is 0. The lowest BCUT2D eigenvalue weighted by Crippen LogP contribution is -2.02. The largest absolute Gasteiger partial charge is 0.488 e. The lowest BCUT2D eigenvalue weighted by atomic mass is 10.1. The second-order valence-electron chi connectivity index (χ2n) is 4.72. The lowest BCUT2D eigenvalue weighted by molar-refractivity contribution is 0.190. The molecule has 4 heteroatoms. The molecule has 2 rings (SSSR count). The van der Waals surface area contributed by atoms with Crippen LogP contribution in [0.25, 0.3) is 0 Å². The molecule has 2 aromatic carbocycles. The summed E-state index contributed by atoms with van der Waals surface area (Å²) >= 11 is 3.38. The van der Waals surface area contributed by atoms with Crippen molar-refractivity contribution in [3.8, 4) is 5.75 Å². The predicted molar refractivity (Wildman–Crippen MR) is 80.2 cm³/mol. The van der Waals surface area contributed by atoms with Gasteiger partial charge in [-0.05, 0) is 49.2 Å². The van der Waals surface area contributed by atoms with Gasteiger partial charge in [-0.15, -0.1) is 0 Å². The van der Waals surface area contributed by atoms with Crippen LogP contribution in [-0.4, -0.2) is 5.11 Å². The number of hydrogen-bond acceptors (Lipinski definition) is 2. The van der Waals surface area contributed by atoms with Crippen molar-refractivity contribution in [1.82, 2.24) is 0 Å². The first-order valence-corrected chi connectivity index (χ1v) is 7.12. The third-order valence-corrected chi connectivity index (χ3v) is 3.61. The zero-order valence-corrected chi connectivity index (χ0v) is 12.9. The van der Waals surface area contributed by atoms with Gasteiger partial charge in [-0.2, -0.15) is 0 Å². The van der Waals surface area contributed by atoms with Gasteiger partial charge in [0, 0.05) is 10.0 Å². The Balaban J connectivity index is 2.22. The van der Waals surface area contributed by atoms with Crippen LogP contribution in [0.3, 0.4) is 0 Å². The lowest BCUT2D eigenvalue weighted by Gasteiger charge is -2.15. The van der Waals surface area contributed by atoms with E-state index in [0.29, 0.717) is 11.3 Å². The molecule has 0 aliphatic heterocycles. The van der Waals surface area contributed by atoms with Crippen molar-refractivity contribution in [1.29, 1.82) is 0 Å². The Morgan fingerprint density at radius 1 is 1.25 bits per heavy atom. The van der Waals surface area contributed by atoms with Gasteiger partial charge < -0.3 is 9.84 Å². The third-order valence-electron chi connectivity index (χ3n) is 3.12. The van der Waals surface area contributed by atoms with Crippen LogP contribution in [0, 0.1) is 12.7 Å². The molecule has 1 unspecified atom stereocenters. The summed E-state index contributed by atoms with van der Waals surface area (Å²) in [6.07, 6.45) is -0.619. The minimum Gasteiger partial charge on any atom is -0.488 e. The molecule has 1 N–H and O–H groups in total. The van der Waals surface area contributed by atoms with Crippen LogP contribution >= 0.6 is 15.9 Å². The number of aliphatic hydroxyl groups is 1. The molecule has 106 valence electrons. The smallest absolute Gasteiger partial charge is 0.126 e. The molecule has 0 heterocycles. The molecule has 20 heavy (non-hydrogen) atoms. The van der Waals surface area contributed by atoms with E-state index >= 15 is 0 Å². The van der Waals surface area contributed by atoms with Crippen molar-refractivity contribution in [3.05, 3.63) is 63.4 Å². The average Bonchev–Trinajstić information content (AvgIpc) is 2.39. The topological polar surface area (TPSA) is 29.5 Å². The molecule has 0 saturated carbocycles. The molecule has 2 nitrogen and oxygen atoms in total. The normalized spacial score (nSPS) is 12.2. The molecule has 0 aromatic heterocycles. The molecule has 0 spiro atoms. The van der Waals surface area contributed by atoms with E-state index in [1.165, 1.54) is 12.1 Å². The zero-order valence-electron chi connectivity index (χ0n) is 11.4. The van der Waals surface area contributed by atoms with Crippen LogP contribution in [0.15, 0.2) is 40.9 Å². The highest BCUT2D eigenvalue weighted by atomic mass is 79.9. The number of ether oxygens (including phenoxy) is 1. The van der Waals surface area contributed by atoms with E-state index in [4.69, 9.17) is 4.74 Å². The maximum Gasteiger partial charge on any atom is 0.126 e. The predicted octanol–water partition coefficient (Wildman–Crippen LogP) is 4.53. The number of rotatable bonds is 4. The highest BCUT2D eigenvalue weighted by Gasteiger charge is 2.10. The van der Waals surface area contributed by atoms with Crippen molar-refractivity contribution in [2.75, 3.05) is 0 Å². The van der Waals surface area contributed by atoms with Crippen molar-refractivity contribution >= 4 is 15.9 Å². The van der Waals surface area contributed by atoms with Gasteiger partial charge in [-0.25, -0.2) is 4.39 Å². The molecule has 0 saturated heterocycles. The summed E-state index contributed by atoms with van der Waals surface area (Å²) in [6, 6.07) is 10.1. The quantitative estimate of drug-likeness (QED) is 0.887. The van der Waals surface area contributed by atoms with Crippen LogP contribution in [0.5, 0.6) is 5.75 Å². The van der Waals surface area contributed by atoms with Crippen molar-refractivity contribution < 1.29 is 14.2 Å². The second-order valence-corrected chi connectivity index (χ2v) is 5.63. The average molecular weight is 339 g/mol. The monoisotopic (exact) mass is 338 g/mol. The van der Waals surface area contributed by atoms with Crippen LogP contribution < -0.4 is 4.74 Å². The number of hydrogen-bond donors (Lipinski definition) is 1. The summed E-state index contributed by atoms with van der Waals surface area (Å²) in [5.41, 5.74) is 2.48. The molecule has 1 atom stereocenters. The van der Waals surface area contributed by atoms with Crippen LogP contribution in [0.2, 0.25) is 0 Å². The molecule has 2 aromatic rings. The Morgan fingerprint density at radius 3 is 2.70 bits per heavy atom. The summed E-state index contributed by atoms with van der Waals surface area (Å²) < 4.78 is 19.9. The number of aliphatic hydroxyl groups excluding tert-OH is 1. The van der Waals surface area contributed by atoms with E-state index in [-0.39, 0.29) is 12.4 Å². The maximum absolute atomic E-state index is 13.2. The van der Waals surface area contributed by atoms with Gasteiger partial charge in [0.15, 0.2) is 0 Å². The summed E-state index contributed by atoms with van der Waals surface area (Å²) in [7, 11) is 0. The van der Waals surface area contributed by atoms with Crippen LogP contribution in [-0.2, 0) is 6.61 Å². The molecule has 0 aliphatic rings. The molecular formula is C16H16BrFO2. The summed E-state index contributed by atoms with van der Waals surface area (Å²) in [6.45, 7) is 3.86. The Morgan fingerprint density at radius 2 is 2.00 bits per heavy atom. The minimum atomic E-state index is -0.619. The fourth-order valence-corrected chi connectivity index (χ4v) is 2.27. The van der Waals surface area contributed by atoms with Crippen molar-refractivity contribution in [3.63, 3.8) is 0 Å². The number of benzene rings is 2. The third kappa shape index (κ3) is 3.58. The highest BCUT2D eigenvalue weighted by Crippen LogP contribution is 2.29.